The molecular formula is C26H44N2O. The van der Waals surface area contributed by atoms with E-state index >= 15 is 0 Å². The Morgan fingerprint density at radius 3 is 2.00 bits per heavy atom. The topological polar surface area (TPSA) is 41.5 Å². The molecule has 1 rings (SSSR count). The maximum atomic E-state index is 13.3. The molecule has 0 aliphatic carbocycles. The van der Waals surface area contributed by atoms with Crippen LogP contribution in [-0.4, -0.2) is 23.7 Å². The molecular weight excluding hydrogens is 356 g/mol. The number of aliphatic imine (C=N–C) groups is 1. The van der Waals surface area contributed by atoms with Crippen LogP contribution in [0.15, 0.2) is 23.2 Å². The normalized spacial score (nSPS) is 12.7. The van der Waals surface area contributed by atoms with E-state index in [-0.39, 0.29) is 5.91 Å². The highest BCUT2D eigenvalue weighted by Gasteiger charge is 2.27. The van der Waals surface area contributed by atoms with Crippen molar-refractivity contribution in [2.45, 2.75) is 111 Å². The van der Waals surface area contributed by atoms with Crippen molar-refractivity contribution in [3.05, 3.63) is 34.9 Å². The minimum absolute atomic E-state index is 0.0112. The van der Waals surface area contributed by atoms with Crippen molar-refractivity contribution in [2.75, 3.05) is 6.54 Å². The van der Waals surface area contributed by atoms with E-state index in [4.69, 9.17) is 4.99 Å². The van der Waals surface area contributed by atoms with E-state index in [9.17, 15) is 4.79 Å². The van der Waals surface area contributed by atoms with Crippen molar-refractivity contribution in [2.24, 2.45) is 4.99 Å². The van der Waals surface area contributed by atoms with E-state index in [2.05, 4.69) is 72.0 Å². The van der Waals surface area contributed by atoms with Gasteiger partial charge in [-0.2, -0.15) is 0 Å². The number of amides is 1. The highest BCUT2D eigenvalue weighted by Crippen LogP contribution is 2.28. The van der Waals surface area contributed by atoms with E-state index < -0.39 is 5.54 Å². The van der Waals surface area contributed by atoms with Crippen LogP contribution in [0.3, 0.4) is 0 Å². The Kier molecular flexibility index (Phi) is 10.6. The van der Waals surface area contributed by atoms with Crippen LogP contribution < -0.4 is 5.32 Å². The molecule has 0 aliphatic rings. The third-order valence-electron chi connectivity index (χ3n) is 5.79. The first-order valence-electron chi connectivity index (χ1n) is 11.6. The Balaban J connectivity index is 2.85. The Morgan fingerprint density at radius 1 is 0.966 bits per heavy atom. The number of hydrogen-bond acceptors (Lipinski definition) is 2. The van der Waals surface area contributed by atoms with Crippen molar-refractivity contribution in [1.29, 1.82) is 0 Å². The third-order valence-corrected chi connectivity index (χ3v) is 5.79. The molecule has 0 saturated carbocycles. The standard InChI is InChI=1S/C26H44N2O/c1-9-10-11-12-13-14-18-27-21(6)26(7,8)28-25(29)24-22(19(2)3)16-15-17-23(24)20(4)5/h15-17,19-20H,9-14,18H2,1-8H3,(H,28,29). The van der Waals surface area contributed by atoms with Crippen LogP contribution in [0.4, 0.5) is 0 Å². The molecule has 0 fully saturated rings. The van der Waals surface area contributed by atoms with Gasteiger partial charge in [0.25, 0.3) is 5.91 Å². The second kappa shape index (κ2) is 12.1. The minimum Gasteiger partial charge on any atom is -0.342 e. The molecule has 1 aromatic rings. The summed E-state index contributed by atoms with van der Waals surface area (Å²) in [6, 6.07) is 6.23. The molecule has 1 N–H and O–H groups in total. The van der Waals surface area contributed by atoms with Crippen LogP contribution in [0.1, 0.15) is 127 Å². The van der Waals surface area contributed by atoms with Gasteiger partial charge in [-0.3, -0.25) is 9.79 Å². The maximum Gasteiger partial charge on any atom is 0.252 e. The number of hydrogen-bond donors (Lipinski definition) is 1. The summed E-state index contributed by atoms with van der Waals surface area (Å²) in [5.74, 6) is 0.622. The largest absolute Gasteiger partial charge is 0.342 e. The molecule has 0 heterocycles. The number of carbonyl (C=O) groups excluding carboxylic acids is 1. The van der Waals surface area contributed by atoms with Gasteiger partial charge in [0, 0.05) is 17.8 Å². The second-order valence-corrected chi connectivity index (χ2v) is 9.43. The average molecular weight is 401 g/mol. The summed E-state index contributed by atoms with van der Waals surface area (Å²) in [6.07, 6.45) is 7.60. The van der Waals surface area contributed by atoms with E-state index in [1.54, 1.807) is 0 Å². The third kappa shape index (κ3) is 7.95. The van der Waals surface area contributed by atoms with Crippen LogP contribution in [-0.2, 0) is 0 Å². The number of nitrogens with one attached hydrogen (secondary N) is 1. The summed E-state index contributed by atoms with van der Waals surface area (Å²) >= 11 is 0. The quantitative estimate of drug-likeness (QED) is 0.291. The molecule has 0 atom stereocenters. The lowest BCUT2D eigenvalue weighted by Crippen LogP contribution is -2.49. The zero-order chi connectivity index (χ0) is 22.0. The highest BCUT2D eigenvalue weighted by atomic mass is 16.1. The number of rotatable bonds is 12. The van der Waals surface area contributed by atoms with Gasteiger partial charge in [0.15, 0.2) is 0 Å². The van der Waals surface area contributed by atoms with Gasteiger partial charge >= 0.3 is 0 Å². The van der Waals surface area contributed by atoms with Gasteiger partial charge in [-0.05, 0) is 50.2 Å². The number of benzene rings is 1. The Morgan fingerprint density at radius 2 is 1.48 bits per heavy atom. The van der Waals surface area contributed by atoms with Crippen LogP contribution >= 0.6 is 0 Å². The van der Waals surface area contributed by atoms with Crippen molar-refractivity contribution in [1.82, 2.24) is 5.32 Å². The summed E-state index contributed by atoms with van der Waals surface area (Å²) in [7, 11) is 0. The molecule has 0 bridgehead atoms. The lowest BCUT2D eigenvalue weighted by molar-refractivity contribution is 0.0929. The summed E-state index contributed by atoms with van der Waals surface area (Å²) in [5, 5.41) is 3.26. The van der Waals surface area contributed by atoms with Crippen LogP contribution in [0.2, 0.25) is 0 Å². The molecule has 0 spiro atoms. The Bertz CT molecular complexity index is 645. The second-order valence-electron chi connectivity index (χ2n) is 9.43. The zero-order valence-electron chi connectivity index (χ0n) is 20.2. The highest BCUT2D eigenvalue weighted by molar-refractivity contribution is 6.02. The van der Waals surface area contributed by atoms with Gasteiger partial charge in [-0.15, -0.1) is 0 Å². The molecule has 0 radical (unpaired) electrons. The summed E-state index contributed by atoms with van der Waals surface area (Å²) in [6.45, 7) is 17.8. The number of carbonyl (C=O) groups is 1. The van der Waals surface area contributed by atoms with Gasteiger partial charge in [0.2, 0.25) is 0 Å². The van der Waals surface area contributed by atoms with Gasteiger partial charge in [-0.25, -0.2) is 0 Å². The fourth-order valence-electron chi connectivity index (χ4n) is 3.59. The van der Waals surface area contributed by atoms with Crippen LogP contribution in [0, 0.1) is 0 Å². The van der Waals surface area contributed by atoms with Gasteiger partial charge in [-0.1, -0.05) is 84.9 Å². The molecule has 164 valence electrons. The molecule has 1 aromatic carbocycles. The lowest BCUT2D eigenvalue weighted by Gasteiger charge is -2.28. The van der Waals surface area contributed by atoms with Gasteiger partial charge in [0.05, 0.1) is 5.54 Å². The fourth-order valence-corrected chi connectivity index (χ4v) is 3.59. The van der Waals surface area contributed by atoms with Crippen molar-refractivity contribution >= 4 is 11.6 Å². The molecule has 0 aliphatic heterocycles. The first-order valence-corrected chi connectivity index (χ1v) is 11.6. The Labute approximate surface area is 179 Å². The smallest absolute Gasteiger partial charge is 0.252 e. The summed E-state index contributed by atoms with van der Waals surface area (Å²) in [4.78, 5) is 18.1. The van der Waals surface area contributed by atoms with E-state index in [1.807, 2.05) is 6.92 Å². The monoisotopic (exact) mass is 400 g/mol. The summed E-state index contributed by atoms with van der Waals surface area (Å²) in [5.41, 5.74) is 3.61. The Hall–Kier alpha value is -1.64. The first kappa shape index (κ1) is 25.4. The summed E-state index contributed by atoms with van der Waals surface area (Å²) < 4.78 is 0. The predicted molar refractivity (Wildman–Crippen MR) is 128 cm³/mol. The SMILES string of the molecule is CCCCCCCCN=C(C)C(C)(C)NC(=O)c1c(C(C)C)cccc1C(C)C. The van der Waals surface area contributed by atoms with Crippen LogP contribution in [0.25, 0.3) is 0 Å². The molecule has 29 heavy (non-hydrogen) atoms. The molecule has 3 heteroatoms. The van der Waals surface area contributed by atoms with Crippen LogP contribution in [0.5, 0.6) is 0 Å². The number of unbranched alkanes of at least 4 members (excludes halogenated alkanes) is 5. The molecule has 1 amide bonds. The average Bonchev–Trinajstić information content (AvgIpc) is 2.65. The number of nitrogens with zero attached hydrogens (tertiary/aromatic N) is 1. The minimum atomic E-state index is -0.461. The van der Waals surface area contributed by atoms with E-state index in [0.717, 1.165) is 35.4 Å². The molecule has 0 saturated heterocycles. The lowest BCUT2D eigenvalue weighted by atomic mass is 9.87. The first-order chi connectivity index (χ1) is 13.6. The van der Waals surface area contributed by atoms with Crippen molar-refractivity contribution in [3.63, 3.8) is 0 Å². The van der Waals surface area contributed by atoms with Gasteiger partial charge in [0.1, 0.15) is 0 Å². The van der Waals surface area contributed by atoms with Crippen molar-refractivity contribution < 1.29 is 4.79 Å². The van der Waals surface area contributed by atoms with Crippen molar-refractivity contribution in [3.8, 4) is 0 Å². The zero-order valence-corrected chi connectivity index (χ0v) is 20.2. The van der Waals surface area contributed by atoms with E-state index in [0.29, 0.717) is 11.8 Å². The molecule has 3 nitrogen and oxygen atoms in total. The molecule has 0 aromatic heterocycles. The maximum absolute atomic E-state index is 13.3. The van der Waals surface area contributed by atoms with Gasteiger partial charge < -0.3 is 5.32 Å². The predicted octanol–water partition coefficient (Wildman–Crippen LogP) is 7.26. The fraction of sp³-hybridized carbons (Fsp3) is 0.692. The molecule has 0 unspecified atom stereocenters. The van der Waals surface area contributed by atoms with E-state index in [1.165, 1.54) is 32.1 Å².